The van der Waals surface area contributed by atoms with Gasteiger partial charge in [-0.3, -0.25) is 9.89 Å². The van der Waals surface area contributed by atoms with E-state index in [1.54, 1.807) is 6.26 Å². The molecule has 3 aromatic rings. The Morgan fingerprint density at radius 2 is 2.07 bits per heavy atom. The van der Waals surface area contributed by atoms with Gasteiger partial charge in [-0.2, -0.15) is 0 Å². The van der Waals surface area contributed by atoms with Gasteiger partial charge in [0.15, 0.2) is 5.96 Å². The highest BCUT2D eigenvalue weighted by atomic mass is 127. The molecule has 1 fully saturated rings. The number of aryl methyl sites for hydroxylation is 1. The number of benzene rings is 1. The van der Waals surface area contributed by atoms with Gasteiger partial charge in [-0.25, -0.2) is 0 Å². The van der Waals surface area contributed by atoms with Crippen LogP contribution in [0, 0.1) is 6.92 Å². The average Bonchev–Trinajstić information content (AvgIpc) is 3.39. The van der Waals surface area contributed by atoms with Crippen molar-refractivity contribution < 1.29 is 4.52 Å². The summed E-state index contributed by atoms with van der Waals surface area (Å²) in [6, 6.07) is 8.34. The Kier molecular flexibility index (Phi) is 8.15. The number of piperazine rings is 1. The Morgan fingerprint density at radius 1 is 1.23 bits per heavy atom. The molecule has 0 unspecified atom stereocenters. The molecule has 0 bridgehead atoms. The number of aromatic amines is 1. The summed E-state index contributed by atoms with van der Waals surface area (Å²) in [5.74, 6) is 1.02. The Labute approximate surface area is 194 Å². The van der Waals surface area contributed by atoms with Crippen LogP contribution >= 0.6 is 24.0 Å². The van der Waals surface area contributed by atoms with Gasteiger partial charge in [0.1, 0.15) is 6.26 Å². The second kappa shape index (κ2) is 10.8. The highest BCUT2D eigenvalue weighted by Gasteiger charge is 2.20. The van der Waals surface area contributed by atoms with Crippen molar-refractivity contribution in [1.29, 1.82) is 0 Å². The van der Waals surface area contributed by atoms with Gasteiger partial charge in [0.25, 0.3) is 0 Å². The fourth-order valence-electron chi connectivity index (χ4n) is 4.02. The lowest BCUT2D eigenvalue weighted by atomic mass is 10.1. The number of hydrogen-bond acceptors (Lipinski definition) is 4. The Balaban J connectivity index is 0.00000256. The predicted octanol–water partition coefficient (Wildman–Crippen LogP) is 3.41. The van der Waals surface area contributed by atoms with Gasteiger partial charge < -0.3 is 19.7 Å². The fraction of sp³-hybridized carbons (Fsp3) is 0.455. The largest absolute Gasteiger partial charge is 0.364 e. The van der Waals surface area contributed by atoms with Gasteiger partial charge in [0.2, 0.25) is 0 Å². The molecule has 30 heavy (non-hydrogen) atoms. The second-order valence-electron chi connectivity index (χ2n) is 7.55. The van der Waals surface area contributed by atoms with E-state index in [0.717, 1.165) is 63.9 Å². The number of aliphatic imine (C=N–C) groups is 1. The van der Waals surface area contributed by atoms with E-state index in [1.807, 2.05) is 6.07 Å². The molecule has 0 spiro atoms. The van der Waals surface area contributed by atoms with Crippen LogP contribution in [-0.2, 0) is 13.0 Å². The van der Waals surface area contributed by atoms with Crippen molar-refractivity contribution in [2.24, 2.45) is 4.99 Å². The van der Waals surface area contributed by atoms with Crippen LogP contribution in [-0.4, -0.2) is 65.2 Å². The normalized spacial score (nSPS) is 15.4. The summed E-state index contributed by atoms with van der Waals surface area (Å²) >= 11 is 0. The van der Waals surface area contributed by atoms with E-state index >= 15 is 0 Å². The molecule has 1 saturated heterocycles. The predicted molar refractivity (Wildman–Crippen MR) is 131 cm³/mol. The van der Waals surface area contributed by atoms with Gasteiger partial charge in [-0.05, 0) is 37.5 Å². The Hall–Kier alpha value is -2.07. The number of hydrogen-bond donors (Lipinski definition) is 2. The van der Waals surface area contributed by atoms with Gasteiger partial charge in [-0.15, -0.1) is 24.0 Å². The van der Waals surface area contributed by atoms with E-state index < -0.39 is 0 Å². The van der Waals surface area contributed by atoms with Crippen LogP contribution < -0.4 is 5.32 Å². The molecule has 2 N–H and O–H groups in total. The SMILES string of the molecule is CCNC(=NCCc1c[nH]c2cccc(C)c12)N1CCN(Cc2ccon2)CC1.I. The first kappa shape index (κ1) is 22.6. The van der Waals surface area contributed by atoms with Crippen LogP contribution in [0.25, 0.3) is 10.9 Å². The zero-order valence-corrected chi connectivity index (χ0v) is 20.1. The number of fused-ring (bicyclic) bond motifs is 1. The van der Waals surface area contributed by atoms with Crippen molar-refractivity contribution in [3.63, 3.8) is 0 Å². The molecule has 1 aromatic carbocycles. The van der Waals surface area contributed by atoms with Crippen molar-refractivity contribution in [3.8, 4) is 0 Å². The summed E-state index contributed by atoms with van der Waals surface area (Å²) in [6.07, 6.45) is 4.70. The van der Waals surface area contributed by atoms with Gasteiger partial charge in [0.05, 0.1) is 5.69 Å². The van der Waals surface area contributed by atoms with E-state index in [-0.39, 0.29) is 24.0 Å². The first-order chi connectivity index (χ1) is 14.2. The summed E-state index contributed by atoms with van der Waals surface area (Å²) in [4.78, 5) is 13.1. The van der Waals surface area contributed by atoms with Crippen molar-refractivity contribution >= 4 is 40.8 Å². The lowest BCUT2D eigenvalue weighted by molar-refractivity contribution is 0.169. The molecule has 1 aliphatic heterocycles. The second-order valence-corrected chi connectivity index (χ2v) is 7.55. The van der Waals surface area contributed by atoms with E-state index in [0.29, 0.717) is 0 Å². The molecule has 0 amide bonds. The van der Waals surface area contributed by atoms with Crippen molar-refractivity contribution in [2.45, 2.75) is 26.8 Å². The van der Waals surface area contributed by atoms with E-state index in [2.05, 4.69) is 63.5 Å². The van der Waals surface area contributed by atoms with E-state index in [1.165, 1.54) is 22.0 Å². The van der Waals surface area contributed by atoms with Crippen molar-refractivity contribution in [1.82, 2.24) is 25.3 Å². The maximum atomic E-state index is 4.94. The third-order valence-corrected chi connectivity index (χ3v) is 5.52. The number of nitrogens with zero attached hydrogens (tertiary/aromatic N) is 4. The zero-order valence-electron chi connectivity index (χ0n) is 17.7. The third kappa shape index (κ3) is 5.34. The molecule has 3 heterocycles. The van der Waals surface area contributed by atoms with Crippen LogP contribution in [0.1, 0.15) is 23.7 Å². The number of halogens is 1. The minimum Gasteiger partial charge on any atom is -0.364 e. The van der Waals surface area contributed by atoms with Crippen molar-refractivity contribution in [2.75, 3.05) is 39.3 Å². The van der Waals surface area contributed by atoms with Crippen LogP contribution in [0.15, 0.2) is 46.2 Å². The molecule has 162 valence electrons. The van der Waals surface area contributed by atoms with Crippen LogP contribution in [0.2, 0.25) is 0 Å². The number of nitrogens with one attached hydrogen (secondary N) is 2. The van der Waals surface area contributed by atoms with Gasteiger partial charge >= 0.3 is 0 Å². The molecule has 2 aromatic heterocycles. The Bertz CT molecular complexity index is 944. The monoisotopic (exact) mass is 522 g/mol. The molecular formula is C22H31IN6O. The quantitative estimate of drug-likeness (QED) is 0.295. The fourth-order valence-corrected chi connectivity index (χ4v) is 4.02. The molecular weight excluding hydrogens is 491 g/mol. The summed E-state index contributed by atoms with van der Waals surface area (Å²) in [5, 5.41) is 8.82. The smallest absolute Gasteiger partial charge is 0.194 e. The number of aromatic nitrogens is 2. The Morgan fingerprint density at radius 3 is 2.80 bits per heavy atom. The topological polar surface area (TPSA) is 72.7 Å². The summed E-state index contributed by atoms with van der Waals surface area (Å²) in [5.41, 5.74) is 4.86. The minimum atomic E-state index is 0. The summed E-state index contributed by atoms with van der Waals surface area (Å²) < 4.78 is 4.94. The molecule has 0 aliphatic carbocycles. The molecule has 0 saturated carbocycles. The molecule has 7 nitrogen and oxygen atoms in total. The minimum absolute atomic E-state index is 0. The van der Waals surface area contributed by atoms with Crippen LogP contribution in [0.3, 0.4) is 0 Å². The molecule has 1 aliphatic rings. The lowest BCUT2D eigenvalue weighted by Crippen LogP contribution is -2.52. The number of guanidine groups is 1. The van der Waals surface area contributed by atoms with Gasteiger partial charge in [-0.1, -0.05) is 17.3 Å². The van der Waals surface area contributed by atoms with Gasteiger partial charge in [0, 0.05) is 69.0 Å². The lowest BCUT2D eigenvalue weighted by Gasteiger charge is -2.36. The number of rotatable bonds is 6. The highest BCUT2D eigenvalue weighted by molar-refractivity contribution is 14.0. The van der Waals surface area contributed by atoms with E-state index in [9.17, 15) is 0 Å². The van der Waals surface area contributed by atoms with Crippen molar-refractivity contribution in [3.05, 3.63) is 53.5 Å². The molecule has 4 rings (SSSR count). The standard InChI is InChI=1S/C22H30N6O.HI/c1-3-23-22(28-12-10-27(11-13-28)16-19-8-14-29-26-19)24-9-7-18-15-25-20-6-4-5-17(2)21(18)20;/h4-6,8,14-15,25H,3,7,9-13,16H2,1-2H3,(H,23,24);1H. The summed E-state index contributed by atoms with van der Waals surface area (Å²) in [7, 11) is 0. The highest BCUT2D eigenvalue weighted by Crippen LogP contribution is 2.22. The van der Waals surface area contributed by atoms with Crippen LogP contribution in [0.5, 0.6) is 0 Å². The van der Waals surface area contributed by atoms with Crippen LogP contribution in [0.4, 0.5) is 0 Å². The molecule has 8 heteroatoms. The zero-order chi connectivity index (χ0) is 20.1. The maximum absolute atomic E-state index is 4.94. The maximum Gasteiger partial charge on any atom is 0.194 e. The summed E-state index contributed by atoms with van der Waals surface area (Å²) in [6.45, 7) is 10.7. The molecule has 0 radical (unpaired) electrons. The average molecular weight is 522 g/mol. The third-order valence-electron chi connectivity index (χ3n) is 5.52. The first-order valence-corrected chi connectivity index (χ1v) is 10.4. The number of H-pyrrole nitrogens is 1. The first-order valence-electron chi connectivity index (χ1n) is 10.4. The van der Waals surface area contributed by atoms with E-state index in [4.69, 9.17) is 9.52 Å². The molecule has 0 atom stereocenters.